The Bertz CT molecular complexity index is 470. The first-order valence-corrected chi connectivity index (χ1v) is 7.79. The van der Waals surface area contributed by atoms with E-state index in [1.54, 1.807) is 24.3 Å². The summed E-state index contributed by atoms with van der Waals surface area (Å²) in [6.07, 6.45) is 1.16. The number of rotatable bonds is 5. The zero-order valence-corrected chi connectivity index (χ0v) is 12.0. The number of hydrogen-bond acceptors (Lipinski definition) is 4. The van der Waals surface area contributed by atoms with Crippen LogP contribution in [0, 0.1) is 5.92 Å². The minimum absolute atomic E-state index is 0.00305. The molecule has 1 aromatic rings. The Morgan fingerprint density at radius 1 is 1.25 bits per heavy atom. The molecular weight excluding hydrogens is 274 g/mol. The van der Waals surface area contributed by atoms with Gasteiger partial charge in [-0.3, -0.25) is 9.59 Å². The molecule has 0 aliphatic carbocycles. The maximum atomic E-state index is 11.8. The molecule has 6 heteroatoms. The molecule has 1 saturated heterocycles. The van der Waals surface area contributed by atoms with Crippen molar-refractivity contribution in [3.63, 3.8) is 0 Å². The van der Waals surface area contributed by atoms with E-state index in [2.05, 4.69) is 10.6 Å². The number of anilines is 1. The lowest BCUT2D eigenvalue weighted by Gasteiger charge is -2.10. The van der Waals surface area contributed by atoms with Gasteiger partial charge in [0.1, 0.15) is 0 Å². The minimum Gasteiger partial charge on any atom is -0.399 e. The summed E-state index contributed by atoms with van der Waals surface area (Å²) in [5.41, 5.74) is 6.66. The van der Waals surface area contributed by atoms with Crippen LogP contribution in [0.3, 0.4) is 0 Å². The van der Waals surface area contributed by atoms with Gasteiger partial charge in [0.25, 0.3) is 5.91 Å². The Balaban J connectivity index is 1.69. The molecule has 2 rings (SSSR count). The van der Waals surface area contributed by atoms with Crippen LogP contribution in [0.5, 0.6) is 0 Å². The molecule has 1 heterocycles. The number of thioether (sulfide) groups is 1. The monoisotopic (exact) mass is 293 g/mol. The maximum Gasteiger partial charge on any atom is 0.251 e. The van der Waals surface area contributed by atoms with Gasteiger partial charge in [-0.25, -0.2) is 0 Å². The summed E-state index contributed by atoms with van der Waals surface area (Å²) in [7, 11) is 0. The fraction of sp³-hybridized carbons (Fsp3) is 0.429. The number of benzene rings is 1. The van der Waals surface area contributed by atoms with E-state index in [9.17, 15) is 9.59 Å². The molecule has 4 N–H and O–H groups in total. The number of hydrogen-bond donors (Lipinski definition) is 3. The molecule has 1 unspecified atom stereocenters. The first-order valence-electron chi connectivity index (χ1n) is 6.63. The third kappa shape index (κ3) is 4.45. The minimum atomic E-state index is -0.267. The second kappa shape index (κ2) is 7.19. The lowest BCUT2D eigenvalue weighted by atomic mass is 10.1. The van der Waals surface area contributed by atoms with Gasteiger partial charge in [-0.15, -0.1) is 0 Å². The molecule has 5 nitrogen and oxygen atoms in total. The molecule has 1 aliphatic rings. The van der Waals surface area contributed by atoms with Gasteiger partial charge >= 0.3 is 0 Å². The van der Waals surface area contributed by atoms with E-state index < -0.39 is 0 Å². The lowest BCUT2D eigenvalue weighted by Crippen LogP contribution is -2.38. The van der Waals surface area contributed by atoms with Crippen molar-refractivity contribution in [1.29, 1.82) is 0 Å². The first kappa shape index (κ1) is 14.7. The van der Waals surface area contributed by atoms with Crippen LogP contribution in [-0.2, 0) is 4.79 Å². The fourth-order valence-corrected chi connectivity index (χ4v) is 3.25. The number of carbonyl (C=O) groups excluding carboxylic acids is 2. The predicted molar refractivity (Wildman–Crippen MR) is 81.6 cm³/mol. The summed E-state index contributed by atoms with van der Waals surface area (Å²) >= 11 is 1.92. The fourth-order valence-electron chi connectivity index (χ4n) is 1.96. The van der Waals surface area contributed by atoms with Gasteiger partial charge in [-0.05, 0) is 48.1 Å². The van der Waals surface area contributed by atoms with Crippen LogP contribution in [0.25, 0.3) is 0 Å². The van der Waals surface area contributed by atoms with E-state index in [1.165, 1.54) is 5.75 Å². The molecular formula is C14H19N3O2S. The summed E-state index contributed by atoms with van der Waals surface area (Å²) in [6.45, 7) is 0.701. The lowest BCUT2D eigenvalue weighted by molar-refractivity contribution is -0.120. The summed E-state index contributed by atoms with van der Waals surface area (Å²) in [4.78, 5) is 23.4. The number of amides is 2. The average Bonchev–Trinajstić information content (AvgIpc) is 2.96. The van der Waals surface area contributed by atoms with Gasteiger partial charge in [-0.1, -0.05) is 0 Å². The van der Waals surface area contributed by atoms with E-state index >= 15 is 0 Å². The Kier molecular flexibility index (Phi) is 5.29. The normalized spacial score (nSPS) is 17.7. The highest BCUT2D eigenvalue weighted by molar-refractivity contribution is 7.99. The Morgan fingerprint density at radius 2 is 2.00 bits per heavy atom. The summed E-state index contributed by atoms with van der Waals surface area (Å²) in [5, 5.41) is 5.45. The van der Waals surface area contributed by atoms with Crippen LogP contribution in [-0.4, -0.2) is 36.4 Å². The molecule has 1 atom stereocenters. The second-order valence-electron chi connectivity index (χ2n) is 4.84. The van der Waals surface area contributed by atoms with Crippen molar-refractivity contribution in [1.82, 2.24) is 10.6 Å². The quantitative estimate of drug-likeness (QED) is 0.703. The number of nitrogen functional groups attached to an aromatic ring is 1. The van der Waals surface area contributed by atoms with Crippen LogP contribution in [0.1, 0.15) is 16.8 Å². The third-order valence-corrected chi connectivity index (χ3v) is 4.43. The third-order valence-electron chi connectivity index (χ3n) is 3.19. The highest BCUT2D eigenvalue weighted by Crippen LogP contribution is 2.22. The van der Waals surface area contributed by atoms with Crippen LogP contribution in [0.15, 0.2) is 24.3 Å². The first-order chi connectivity index (χ1) is 9.65. The van der Waals surface area contributed by atoms with Crippen molar-refractivity contribution in [2.75, 3.05) is 30.3 Å². The number of nitrogens with two attached hydrogens (primary N) is 1. The smallest absolute Gasteiger partial charge is 0.251 e. The summed E-state index contributed by atoms with van der Waals surface area (Å²) < 4.78 is 0. The Hall–Kier alpha value is -1.69. The van der Waals surface area contributed by atoms with Crippen molar-refractivity contribution in [3.05, 3.63) is 29.8 Å². The number of nitrogens with one attached hydrogen (secondary N) is 2. The average molecular weight is 293 g/mol. The molecule has 1 aliphatic heterocycles. The SMILES string of the molecule is Nc1ccc(C(=O)NCC(=O)NCC2CCSC2)cc1. The molecule has 0 radical (unpaired) electrons. The highest BCUT2D eigenvalue weighted by Gasteiger charge is 2.16. The zero-order chi connectivity index (χ0) is 14.4. The molecule has 1 aromatic carbocycles. The van der Waals surface area contributed by atoms with Crippen LogP contribution >= 0.6 is 11.8 Å². The van der Waals surface area contributed by atoms with Crippen LogP contribution in [0.4, 0.5) is 5.69 Å². The van der Waals surface area contributed by atoms with Gasteiger partial charge < -0.3 is 16.4 Å². The molecule has 1 fully saturated rings. The van der Waals surface area contributed by atoms with E-state index in [4.69, 9.17) is 5.73 Å². The van der Waals surface area contributed by atoms with Crippen molar-refractivity contribution < 1.29 is 9.59 Å². The van der Waals surface area contributed by atoms with E-state index in [0.717, 1.165) is 12.2 Å². The van der Waals surface area contributed by atoms with Gasteiger partial charge in [0.2, 0.25) is 5.91 Å². The predicted octanol–water partition coefficient (Wildman–Crippen LogP) is 0.868. The van der Waals surface area contributed by atoms with E-state index in [0.29, 0.717) is 23.7 Å². The van der Waals surface area contributed by atoms with Crippen LogP contribution in [0.2, 0.25) is 0 Å². The second-order valence-corrected chi connectivity index (χ2v) is 5.99. The van der Waals surface area contributed by atoms with Gasteiger partial charge in [0.05, 0.1) is 6.54 Å². The van der Waals surface area contributed by atoms with Crippen molar-refractivity contribution >= 4 is 29.3 Å². The molecule has 2 amide bonds. The summed E-state index contributed by atoms with van der Waals surface area (Å²) in [5.74, 6) is 2.44. The standard InChI is InChI=1S/C14H19N3O2S/c15-12-3-1-11(2-4-12)14(19)17-8-13(18)16-7-10-5-6-20-9-10/h1-4,10H,5-9,15H2,(H,16,18)(H,17,19). The molecule has 0 saturated carbocycles. The molecule has 0 aromatic heterocycles. The molecule has 108 valence electrons. The highest BCUT2D eigenvalue weighted by atomic mass is 32.2. The maximum absolute atomic E-state index is 11.8. The van der Waals surface area contributed by atoms with Gasteiger partial charge in [-0.2, -0.15) is 11.8 Å². The van der Waals surface area contributed by atoms with Crippen LogP contribution < -0.4 is 16.4 Å². The molecule has 0 bridgehead atoms. The van der Waals surface area contributed by atoms with Crippen molar-refractivity contribution in [3.8, 4) is 0 Å². The van der Waals surface area contributed by atoms with E-state index in [-0.39, 0.29) is 18.4 Å². The zero-order valence-electron chi connectivity index (χ0n) is 11.2. The van der Waals surface area contributed by atoms with Gasteiger partial charge in [0, 0.05) is 17.8 Å². The number of carbonyl (C=O) groups is 2. The van der Waals surface area contributed by atoms with Crippen molar-refractivity contribution in [2.24, 2.45) is 5.92 Å². The largest absolute Gasteiger partial charge is 0.399 e. The Labute approximate surface area is 122 Å². The molecule has 20 heavy (non-hydrogen) atoms. The van der Waals surface area contributed by atoms with Crippen molar-refractivity contribution in [2.45, 2.75) is 6.42 Å². The van der Waals surface area contributed by atoms with Gasteiger partial charge in [0.15, 0.2) is 0 Å². The Morgan fingerprint density at radius 3 is 2.65 bits per heavy atom. The summed E-state index contributed by atoms with van der Waals surface area (Å²) in [6, 6.07) is 6.59. The van der Waals surface area contributed by atoms with E-state index in [1.807, 2.05) is 11.8 Å². The topological polar surface area (TPSA) is 84.2 Å². The molecule has 0 spiro atoms.